The fourth-order valence-corrected chi connectivity index (χ4v) is 1.50. The number of carboxylic acids is 1. The maximum Gasteiger partial charge on any atom is 0.311 e. The van der Waals surface area contributed by atoms with Crippen LogP contribution in [0.25, 0.3) is 0 Å². The molecule has 17 heavy (non-hydrogen) atoms. The molecule has 4 heteroatoms. The Hall–Kier alpha value is -1.84. The second kappa shape index (κ2) is 5.48. The zero-order chi connectivity index (χ0) is 13.0. The molecule has 92 valence electrons. The fraction of sp³-hybridized carbons (Fsp3) is 0.385. The number of aryl methyl sites for hydroxylation is 1. The van der Waals surface area contributed by atoms with Crippen molar-refractivity contribution < 1.29 is 14.7 Å². The minimum atomic E-state index is -0.968. The van der Waals surface area contributed by atoms with E-state index in [-0.39, 0.29) is 12.3 Å². The van der Waals surface area contributed by atoms with Crippen LogP contribution in [-0.4, -0.2) is 36.0 Å². The minimum absolute atomic E-state index is 0.00854. The third-order valence-corrected chi connectivity index (χ3v) is 2.66. The van der Waals surface area contributed by atoms with Gasteiger partial charge >= 0.3 is 5.97 Å². The Morgan fingerprint density at radius 1 is 1.24 bits per heavy atom. The van der Waals surface area contributed by atoms with E-state index in [1.807, 2.05) is 19.1 Å². The lowest BCUT2D eigenvalue weighted by molar-refractivity contribution is -0.142. The molecule has 0 aliphatic rings. The van der Waals surface area contributed by atoms with Crippen LogP contribution < -0.4 is 0 Å². The van der Waals surface area contributed by atoms with Crippen molar-refractivity contribution in [2.24, 2.45) is 0 Å². The standard InChI is InChI=1S/C13H17NO3/c1-9-4-6-10(7-5-9)11(13(16)17)8-12(15)14(2)3/h4-7,11H,8H2,1-3H3,(H,16,17). The third-order valence-electron chi connectivity index (χ3n) is 2.66. The van der Waals surface area contributed by atoms with Crippen molar-refractivity contribution in [3.63, 3.8) is 0 Å². The van der Waals surface area contributed by atoms with E-state index in [0.29, 0.717) is 5.56 Å². The summed E-state index contributed by atoms with van der Waals surface area (Å²) in [5.41, 5.74) is 1.73. The van der Waals surface area contributed by atoms with Gasteiger partial charge in [0.25, 0.3) is 0 Å². The summed E-state index contributed by atoms with van der Waals surface area (Å²) in [6, 6.07) is 7.23. The number of rotatable bonds is 4. The first-order chi connectivity index (χ1) is 7.91. The number of aliphatic carboxylic acids is 1. The number of carboxylic acid groups (broad SMARTS) is 1. The van der Waals surface area contributed by atoms with E-state index in [4.69, 9.17) is 5.11 Å². The van der Waals surface area contributed by atoms with Crippen LogP contribution in [0.1, 0.15) is 23.5 Å². The largest absolute Gasteiger partial charge is 0.481 e. The summed E-state index contributed by atoms with van der Waals surface area (Å²) in [5.74, 6) is -1.92. The SMILES string of the molecule is Cc1ccc(C(CC(=O)N(C)C)C(=O)O)cc1. The highest BCUT2D eigenvalue weighted by atomic mass is 16.4. The fourth-order valence-electron chi connectivity index (χ4n) is 1.50. The summed E-state index contributed by atoms with van der Waals surface area (Å²) in [6.45, 7) is 1.94. The van der Waals surface area contributed by atoms with Gasteiger partial charge in [0.2, 0.25) is 5.91 Å². The van der Waals surface area contributed by atoms with Crippen molar-refractivity contribution in [1.29, 1.82) is 0 Å². The number of carbonyl (C=O) groups excluding carboxylic acids is 1. The minimum Gasteiger partial charge on any atom is -0.481 e. The molecule has 1 rings (SSSR count). The quantitative estimate of drug-likeness (QED) is 0.863. The predicted octanol–water partition coefficient (Wildman–Crippen LogP) is 1.64. The van der Waals surface area contributed by atoms with Crippen molar-refractivity contribution in [2.45, 2.75) is 19.3 Å². The molecule has 0 fully saturated rings. The Kier molecular flexibility index (Phi) is 4.26. The molecule has 1 unspecified atom stereocenters. The summed E-state index contributed by atoms with van der Waals surface area (Å²) in [7, 11) is 3.24. The highest BCUT2D eigenvalue weighted by Crippen LogP contribution is 2.21. The second-order valence-corrected chi connectivity index (χ2v) is 4.29. The molecule has 0 radical (unpaired) electrons. The van der Waals surface area contributed by atoms with Gasteiger partial charge in [-0.15, -0.1) is 0 Å². The molecular weight excluding hydrogens is 218 g/mol. The first-order valence-corrected chi connectivity index (χ1v) is 5.41. The summed E-state index contributed by atoms with van der Waals surface area (Å²) in [5, 5.41) is 9.16. The Morgan fingerprint density at radius 3 is 2.18 bits per heavy atom. The number of amides is 1. The molecule has 0 saturated heterocycles. The molecule has 0 bridgehead atoms. The summed E-state index contributed by atoms with van der Waals surface area (Å²) >= 11 is 0. The van der Waals surface area contributed by atoms with Gasteiger partial charge in [-0.3, -0.25) is 9.59 Å². The summed E-state index contributed by atoms with van der Waals surface area (Å²) in [6.07, 6.45) is -0.00854. The van der Waals surface area contributed by atoms with Gasteiger partial charge in [0.15, 0.2) is 0 Å². The smallest absolute Gasteiger partial charge is 0.311 e. The van der Waals surface area contributed by atoms with Gasteiger partial charge < -0.3 is 10.0 Å². The monoisotopic (exact) mass is 235 g/mol. The van der Waals surface area contributed by atoms with E-state index in [1.54, 1.807) is 26.2 Å². The van der Waals surface area contributed by atoms with Gasteiger partial charge in [0.05, 0.1) is 5.92 Å². The van der Waals surface area contributed by atoms with Crippen molar-refractivity contribution >= 4 is 11.9 Å². The van der Waals surface area contributed by atoms with Crippen molar-refractivity contribution in [3.8, 4) is 0 Å². The van der Waals surface area contributed by atoms with E-state index in [9.17, 15) is 9.59 Å². The maximum absolute atomic E-state index is 11.6. The summed E-state index contributed by atoms with van der Waals surface area (Å²) < 4.78 is 0. The Balaban J connectivity index is 2.90. The molecule has 1 aromatic carbocycles. The molecule has 1 amide bonds. The number of hydrogen-bond acceptors (Lipinski definition) is 2. The van der Waals surface area contributed by atoms with Crippen LogP contribution >= 0.6 is 0 Å². The van der Waals surface area contributed by atoms with E-state index < -0.39 is 11.9 Å². The Labute approximate surface area is 101 Å². The first kappa shape index (κ1) is 13.2. The first-order valence-electron chi connectivity index (χ1n) is 5.41. The van der Waals surface area contributed by atoms with Gasteiger partial charge in [-0.25, -0.2) is 0 Å². The molecule has 1 aromatic rings. The van der Waals surface area contributed by atoms with Crippen LogP contribution in [0, 0.1) is 6.92 Å². The van der Waals surface area contributed by atoms with E-state index in [1.165, 1.54) is 4.90 Å². The van der Waals surface area contributed by atoms with Crippen LogP contribution in [-0.2, 0) is 9.59 Å². The molecule has 0 aliphatic carbocycles. The lowest BCUT2D eigenvalue weighted by Crippen LogP contribution is -2.26. The Bertz CT molecular complexity index is 409. The van der Waals surface area contributed by atoms with E-state index in [0.717, 1.165) is 5.56 Å². The lowest BCUT2D eigenvalue weighted by Gasteiger charge is -2.16. The zero-order valence-corrected chi connectivity index (χ0v) is 10.3. The van der Waals surface area contributed by atoms with E-state index >= 15 is 0 Å². The second-order valence-electron chi connectivity index (χ2n) is 4.29. The average molecular weight is 235 g/mol. The normalized spacial score (nSPS) is 11.9. The Morgan fingerprint density at radius 2 is 1.76 bits per heavy atom. The van der Waals surface area contributed by atoms with E-state index in [2.05, 4.69) is 0 Å². The number of carbonyl (C=O) groups is 2. The molecule has 0 aromatic heterocycles. The van der Waals surface area contributed by atoms with Gasteiger partial charge in [-0.05, 0) is 12.5 Å². The molecule has 1 N–H and O–H groups in total. The number of hydrogen-bond donors (Lipinski definition) is 1. The molecular formula is C13H17NO3. The molecule has 0 spiro atoms. The van der Waals surface area contributed by atoms with Crippen molar-refractivity contribution in [3.05, 3.63) is 35.4 Å². The van der Waals surface area contributed by atoms with Gasteiger partial charge in [-0.2, -0.15) is 0 Å². The highest BCUT2D eigenvalue weighted by molar-refractivity contribution is 5.85. The molecule has 0 saturated carbocycles. The van der Waals surface area contributed by atoms with Crippen LogP contribution in [0.2, 0.25) is 0 Å². The van der Waals surface area contributed by atoms with Gasteiger partial charge in [0, 0.05) is 20.5 Å². The maximum atomic E-state index is 11.6. The van der Waals surface area contributed by atoms with Crippen LogP contribution in [0.3, 0.4) is 0 Å². The molecule has 4 nitrogen and oxygen atoms in total. The zero-order valence-electron chi connectivity index (χ0n) is 10.3. The van der Waals surface area contributed by atoms with Crippen molar-refractivity contribution in [1.82, 2.24) is 4.90 Å². The number of nitrogens with zero attached hydrogens (tertiary/aromatic N) is 1. The lowest BCUT2D eigenvalue weighted by atomic mass is 9.94. The highest BCUT2D eigenvalue weighted by Gasteiger charge is 2.23. The van der Waals surface area contributed by atoms with Crippen LogP contribution in [0.5, 0.6) is 0 Å². The average Bonchev–Trinajstić information content (AvgIpc) is 2.26. The topological polar surface area (TPSA) is 57.6 Å². The van der Waals surface area contributed by atoms with Crippen molar-refractivity contribution in [2.75, 3.05) is 14.1 Å². The van der Waals surface area contributed by atoms with Gasteiger partial charge in [0.1, 0.15) is 0 Å². The molecule has 0 heterocycles. The van der Waals surface area contributed by atoms with Crippen LogP contribution in [0.15, 0.2) is 24.3 Å². The van der Waals surface area contributed by atoms with Gasteiger partial charge in [-0.1, -0.05) is 29.8 Å². The molecule has 1 atom stereocenters. The number of benzene rings is 1. The predicted molar refractivity (Wildman–Crippen MR) is 64.9 cm³/mol. The van der Waals surface area contributed by atoms with Crippen LogP contribution in [0.4, 0.5) is 0 Å². The third kappa shape index (κ3) is 3.59. The molecule has 0 aliphatic heterocycles. The summed E-state index contributed by atoms with van der Waals surface area (Å²) in [4.78, 5) is 24.1.